The van der Waals surface area contributed by atoms with E-state index in [1.54, 1.807) is 19.2 Å². The van der Waals surface area contributed by atoms with Gasteiger partial charge in [-0.15, -0.1) is 0 Å². The average Bonchev–Trinajstić information content (AvgIpc) is 2.04. The molecule has 1 rings (SSSR count). The second kappa shape index (κ2) is 3.28. The fourth-order valence-corrected chi connectivity index (χ4v) is 0.963. The fourth-order valence-electron chi connectivity index (χ4n) is 0.963. The predicted octanol–water partition coefficient (Wildman–Crippen LogP) is 1.53. The second-order valence-electron chi connectivity index (χ2n) is 2.38. The maximum absolute atomic E-state index is 11.1. The molecule has 0 unspecified atom stereocenters. The molecule has 0 aromatic heterocycles. The largest absolute Gasteiger partial charge is 0.288 e. The van der Waals surface area contributed by atoms with Crippen LogP contribution in [0.2, 0.25) is 0 Å². The van der Waals surface area contributed by atoms with Gasteiger partial charge in [0.05, 0.1) is 0 Å². The van der Waals surface area contributed by atoms with Gasteiger partial charge in [0.25, 0.3) is 0 Å². The minimum atomic E-state index is 0.0202. The molecule has 0 bridgehead atoms. The quantitative estimate of drug-likeness (QED) is 0.520. The molecule has 0 aromatic rings. The van der Waals surface area contributed by atoms with Crippen molar-refractivity contribution in [1.82, 2.24) is 0 Å². The van der Waals surface area contributed by atoms with Crippen LogP contribution in [-0.2, 0) is 4.79 Å². The van der Waals surface area contributed by atoms with Crippen LogP contribution in [0.3, 0.4) is 0 Å². The van der Waals surface area contributed by atoms with Gasteiger partial charge in [-0.1, -0.05) is 13.0 Å². The molecule has 2 heteroatoms. The van der Waals surface area contributed by atoms with Gasteiger partial charge in [0.2, 0.25) is 5.78 Å². The van der Waals surface area contributed by atoms with E-state index >= 15 is 0 Å². The van der Waals surface area contributed by atoms with Crippen LogP contribution >= 0.6 is 0 Å². The van der Waals surface area contributed by atoms with E-state index in [0.29, 0.717) is 5.71 Å². The molecule has 58 valence electrons. The van der Waals surface area contributed by atoms with Crippen LogP contribution in [0.25, 0.3) is 0 Å². The highest BCUT2D eigenvalue weighted by Gasteiger charge is 2.08. The van der Waals surface area contributed by atoms with Gasteiger partial charge in [0.15, 0.2) is 0 Å². The molecule has 0 N–H and O–H groups in total. The van der Waals surface area contributed by atoms with Crippen LogP contribution in [0.1, 0.15) is 13.3 Å². The van der Waals surface area contributed by atoms with E-state index < -0.39 is 0 Å². The zero-order chi connectivity index (χ0) is 8.27. The summed E-state index contributed by atoms with van der Waals surface area (Å²) in [5.74, 6) is 0.0202. The van der Waals surface area contributed by atoms with E-state index in [4.69, 9.17) is 0 Å². The Morgan fingerprint density at radius 1 is 1.45 bits per heavy atom. The molecule has 1 aliphatic carbocycles. The van der Waals surface area contributed by atoms with Crippen LogP contribution < -0.4 is 0 Å². The van der Waals surface area contributed by atoms with Crippen LogP contribution in [0.4, 0.5) is 0 Å². The van der Waals surface area contributed by atoms with Gasteiger partial charge >= 0.3 is 0 Å². The lowest BCUT2D eigenvalue weighted by Crippen LogP contribution is -2.11. The van der Waals surface area contributed by atoms with E-state index in [1.165, 1.54) is 0 Å². The Bertz CT molecular complexity index is 259. The monoisotopic (exact) mass is 149 g/mol. The Balaban J connectivity index is 2.88. The van der Waals surface area contributed by atoms with Gasteiger partial charge in [0, 0.05) is 7.05 Å². The normalized spacial score (nSPS) is 20.7. The molecule has 0 atom stereocenters. The zero-order valence-electron chi connectivity index (χ0n) is 6.79. The van der Waals surface area contributed by atoms with Crippen LogP contribution in [0.5, 0.6) is 0 Å². The summed E-state index contributed by atoms with van der Waals surface area (Å²) in [6, 6.07) is 0. The smallest absolute Gasteiger partial charge is 0.203 e. The lowest BCUT2D eigenvalue weighted by atomic mass is 10.0. The maximum Gasteiger partial charge on any atom is 0.203 e. The first-order chi connectivity index (χ1) is 5.27. The highest BCUT2D eigenvalue weighted by Crippen LogP contribution is 2.08. The van der Waals surface area contributed by atoms with Crippen LogP contribution in [0.15, 0.2) is 28.8 Å². The molecular weight excluding hydrogens is 138 g/mol. The summed E-state index contributed by atoms with van der Waals surface area (Å²) in [6.45, 7) is 2.03. The number of aliphatic imine (C=N–C) groups is 1. The summed E-state index contributed by atoms with van der Waals surface area (Å²) in [7, 11) is 1.63. The van der Waals surface area contributed by atoms with Gasteiger partial charge in [-0.25, -0.2) is 0 Å². The molecule has 0 aliphatic heterocycles. The highest BCUT2D eigenvalue weighted by atomic mass is 16.1. The van der Waals surface area contributed by atoms with Crippen molar-refractivity contribution in [2.45, 2.75) is 13.3 Å². The third kappa shape index (κ3) is 1.64. The molecule has 1 aliphatic rings. The van der Waals surface area contributed by atoms with E-state index in [0.717, 1.165) is 12.0 Å². The number of rotatable bonds is 1. The summed E-state index contributed by atoms with van der Waals surface area (Å²) in [5.41, 5.74) is 1.62. The van der Waals surface area contributed by atoms with Crippen molar-refractivity contribution in [3.63, 3.8) is 0 Å². The first-order valence-corrected chi connectivity index (χ1v) is 3.67. The topological polar surface area (TPSA) is 29.4 Å². The minimum Gasteiger partial charge on any atom is -0.288 e. The van der Waals surface area contributed by atoms with Gasteiger partial charge in [-0.2, -0.15) is 0 Å². The van der Waals surface area contributed by atoms with Crippen molar-refractivity contribution < 1.29 is 4.79 Å². The highest BCUT2D eigenvalue weighted by molar-refractivity contribution is 6.48. The number of carbonyl (C=O) groups is 1. The number of nitrogens with zero attached hydrogens (tertiary/aromatic N) is 1. The third-order valence-electron chi connectivity index (χ3n) is 1.67. The minimum absolute atomic E-state index is 0.0202. The summed E-state index contributed by atoms with van der Waals surface area (Å²) in [4.78, 5) is 15.0. The predicted molar refractivity (Wildman–Crippen MR) is 45.9 cm³/mol. The Morgan fingerprint density at radius 2 is 2.18 bits per heavy atom. The summed E-state index contributed by atoms with van der Waals surface area (Å²) in [5, 5.41) is 0. The van der Waals surface area contributed by atoms with Gasteiger partial charge < -0.3 is 0 Å². The van der Waals surface area contributed by atoms with Crippen molar-refractivity contribution in [3.05, 3.63) is 23.8 Å². The average molecular weight is 149 g/mol. The first kappa shape index (κ1) is 7.92. The fraction of sp³-hybridized carbons (Fsp3) is 0.333. The number of ketones is 1. The molecule has 0 heterocycles. The molecule has 2 nitrogen and oxygen atoms in total. The Morgan fingerprint density at radius 3 is 2.64 bits per heavy atom. The molecule has 0 saturated carbocycles. The third-order valence-corrected chi connectivity index (χ3v) is 1.67. The van der Waals surface area contributed by atoms with Crippen molar-refractivity contribution in [2.75, 3.05) is 7.05 Å². The number of carbonyl (C=O) groups excluding carboxylic acids is 1. The van der Waals surface area contributed by atoms with Gasteiger partial charge in [0.1, 0.15) is 5.71 Å². The Hall–Kier alpha value is -1.18. The lowest BCUT2D eigenvalue weighted by Gasteiger charge is -2.03. The van der Waals surface area contributed by atoms with Crippen molar-refractivity contribution in [1.29, 1.82) is 0 Å². The van der Waals surface area contributed by atoms with Crippen molar-refractivity contribution in [3.8, 4) is 0 Å². The SMILES string of the molecule is CCC1=CC(=O)/C(=N/C)C=C1. The number of hydrogen-bond donors (Lipinski definition) is 0. The van der Waals surface area contributed by atoms with E-state index in [9.17, 15) is 4.79 Å². The molecular formula is C9H11NO. The van der Waals surface area contributed by atoms with E-state index in [2.05, 4.69) is 4.99 Å². The summed E-state index contributed by atoms with van der Waals surface area (Å²) < 4.78 is 0. The molecule has 0 spiro atoms. The molecule has 11 heavy (non-hydrogen) atoms. The van der Waals surface area contributed by atoms with E-state index in [-0.39, 0.29) is 5.78 Å². The molecule has 0 aromatic carbocycles. The molecule has 0 radical (unpaired) electrons. The molecule has 0 fully saturated rings. The lowest BCUT2D eigenvalue weighted by molar-refractivity contribution is -0.108. The molecule has 0 amide bonds. The number of hydrogen-bond acceptors (Lipinski definition) is 2. The Kier molecular flexibility index (Phi) is 2.36. The maximum atomic E-state index is 11.1. The summed E-state index contributed by atoms with van der Waals surface area (Å²) in [6.07, 6.45) is 6.24. The van der Waals surface area contributed by atoms with Gasteiger partial charge in [-0.05, 0) is 24.1 Å². The van der Waals surface area contributed by atoms with Crippen molar-refractivity contribution in [2.24, 2.45) is 4.99 Å². The zero-order valence-corrected chi connectivity index (χ0v) is 6.79. The summed E-state index contributed by atoms with van der Waals surface area (Å²) >= 11 is 0. The van der Waals surface area contributed by atoms with Crippen LogP contribution in [0, 0.1) is 0 Å². The van der Waals surface area contributed by atoms with Gasteiger partial charge in [-0.3, -0.25) is 9.79 Å². The first-order valence-electron chi connectivity index (χ1n) is 3.67. The van der Waals surface area contributed by atoms with Crippen LogP contribution in [-0.4, -0.2) is 18.5 Å². The Labute approximate surface area is 66.3 Å². The second-order valence-corrected chi connectivity index (χ2v) is 2.38. The standard InChI is InChI=1S/C9H11NO/c1-3-7-4-5-8(10-2)9(11)6-7/h4-6H,3H2,1-2H3/b10-8+. The molecule has 0 saturated heterocycles. The number of allylic oxidation sites excluding steroid dienone is 4. The van der Waals surface area contributed by atoms with E-state index in [1.807, 2.05) is 13.0 Å². The van der Waals surface area contributed by atoms with Crippen molar-refractivity contribution >= 4 is 11.5 Å².